The van der Waals surface area contributed by atoms with E-state index in [1.807, 2.05) is 0 Å². The second kappa shape index (κ2) is 8.35. The van der Waals surface area contributed by atoms with E-state index >= 15 is 0 Å². The summed E-state index contributed by atoms with van der Waals surface area (Å²) in [5, 5.41) is 4.67. The van der Waals surface area contributed by atoms with Crippen LogP contribution in [0.25, 0.3) is 0 Å². The first-order chi connectivity index (χ1) is 11.7. The Balaban J connectivity index is 1.98. The number of aromatic nitrogens is 2. The van der Waals surface area contributed by atoms with Crippen LogP contribution in [0.2, 0.25) is 0 Å². The van der Waals surface area contributed by atoms with Crippen LogP contribution >= 0.6 is 0 Å². The molecule has 5 heteroatoms. The Morgan fingerprint density at radius 1 is 1.28 bits per heavy atom. The molecule has 0 spiro atoms. The normalized spacial score (nSPS) is 20.9. The molecular weight excluding hydrogens is 312 g/mol. The first kappa shape index (κ1) is 20.0. The molecule has 1 aromatic heterocycles. The van der Waals surface area contributed by atoms with Gasteiger partial charge in [0.25, 0.3) is 0 Å². The summed E-state index contributed by atoms with van der Waals surface area (Å²) in [5.41, 5.74) is 3.55. The maximum absolute atomic E-state index is 12.7. The number of hydrogen-bond donors (Lipinski definition) is 0. The molecule has 5 nitrogen and oxygen atoms in total. The van der Waals surface area contributed by atoms with E-state index in [2.05, 4.69) is 68.3 Å². The van der Waals surface area contributed by atoms with Gasteiger partial charge in [0.2, 0.25) is 5.91 Å². The zero-order valence-corrected chi connectivity index (χ0v) is 17.2. The van der Waals surface area contributed by atoms with Crippen molar-refractivity contribution < 1.29 is 4.79 Å². The van der Waals surface area contributed by atoms with Crippen molar-refractivity contribution in [2.45, 2.75) is 66.5 Å². The molecule has 2 rings (SSSR count). The van der Waals surface area contributed by atoms with Crippen molar-refractivity contribution in [2.75, 3.05) is 27.2 Å². The molecule has 1 saturated heterocycles. The van der Waals surface area contributed by atoms with Gasteiger partial charge in [-0.25, -0.2) is 0 Å². The van der Waals surface area contributed by atoms with Crippen molar-refractivity contribution in [3.05, 3.63) is 17.0 Å². The second-order valence-corrected chi connectivity index (χ2v) is 8.22. The van der Waals surface area contributed by atoms with Gasteiger partial charge in [-0.05, 0) is 51.8 Å². The standard InChI is InChI=1S/C20H36N4O/c1-8-17-12-23(13-19(17)22(6)7)20(25)10-9-18-15(4)21-24(16(18)5)11-14(2)3/h14,17,19H,8-13H2,1-7H3/t17-,19+/m1/s1. The lowest BCUT2D eigenvalue weighted by Crippen LogP contribution is -2.36. The fourth-order valence-corrected chi connectivity index (χ4v) is 4.05. The second-order valence-electron chi connectivity index (χ2n) is 8.22. The van der Waals surface area contributed by atoms with Gasteiger partial charge in [0.15, 0.2) is 0 Å². The Morgan fingerprint density at radius 2 is 1.96 bits per heavy atom. The van der Waals surface area contributed by atoms with E-state index in [-0.39, 0.29) is 0 Å². The predicted octanol–water partition coefficient (Wildman–Crippen LogP) is 2.89. The van der Waals surface area contributed by atoms with Crippen molar-refractivity contribution in [1.29, 1.82) is 0 Å². The van der Waals surface area contributed by atoms with Gasteiger partial charge in [-0.1, -0.05) is 27.2 Å². The predicted molar refractivity (Wildman–Crippen MR) is 103 cm³/mol. The molecule has 142 valence electrons. The van der Waals surface area contributed by atoms with Crippen LogP contribution in [-0.4, -0.2) is 58.7 Å². The minimum atomic E-state index is 0.290. The van der Waals surface area contributed by atoms with Crippen LogP contribution < -0.4 is 0 Å². The summed E-state index contributed by atoms with van der Waals surface area (Å²) in [6.07, 6.45) is 2.52. The van der Waals surface area contributed by atoms with E-state index in [1.54, 1.807) is 0 Å². The molecule has 1 aliphatic rings. The van der Waals surface area contributed by atoms with E-state index in [4.69, 9.17) is 0 Å². The maximum atomic E-state index is 12.7. The van der Waals surface area contributed by atoms with Gasteiger partial charge < -0.3 is 9.80 Å². The van der Waals surface area contributed by atoms with Crippen molar-refractivity contribution in [1.82, 2.24) is 19.6 Å². The Labute approximate surface area is 153 Å². The van der Waals surface area contributed by atoms with Crippen LogP contribution in [0.3, 0.4) is 0 Å². The van der Waals surface area contributed by atoms with E-state index in [9.17, 15) is 4.79 Å². The Kier molecular flexibility index (Phi) is 6.66. The molecule has 1 amide bonds. The average molecular weight is 349 g/mol. The van der Waals surface area contributed by atoms with Gasteiger partial charge in [0.1, 0.15) is 0 Å². The molecule has 2 atom stereocenters. The van der Waals surface area contributed by atoms with Crippen LogP contribution in [0.5, 0.6) is 0 Å². The lowest BCUT2D eigenvalue weighted by atomic mass is 10.0. The smallest absolute Gasteiger partial charge is 0.222 e. The number of amides is 1. The van der Waals surface area contributed by atoms with E-state index < -0.39 is 0 Å². The van der Waals surface area contributed by atoms with Gasteiger partial charge in [0, 0.05) is 37.8 Å². The summed E-state index contributed by atoms with van der Waals surface area (Å²) >= 11 is 0. The topological polar surface area (TPSA) is 41.4 Å². The third kappa shape index (κ3) is 4.63. The number of carbonyl (C=O) groups excluding carboxylic acids is 1. The number of hydrogen-bond acceptors (Lipinski definition) is 3. The van der Waals surface area contributed by atoms with E-state index in [0.717, 1.165) is 38.2 Å². The van der Waals surface area contributed by atoms with Crippen LogP contribution in [0.1, 0.15) is 50.6 Å². The highest BCUT2D eigenvalue weighted by atomic mass is 16.2. The quantitative estimate of drug-likeness (QED) is 0.761. The highest BCUT2D eigenvalue weighted by molar-refractivity contribution is 5.77. The highest BCUT2D eigenvalue weighted by Gasteiger charge is 2.35. The minimum Gasteiger partial charge on any atom is -0.341 e. The Bertz CT molecular complexity index is 591. The summed E-state index contributed by atoms with van der Waals surface area (Å²) in [6, 6.07) is 0.492. The molecule has 0 bridgehead atoms. The number of carbonyl (C=O) groups is 1. The molecule has 0 radical (unpaired) electrons. The summed E-state index contributed by atoms with van der Waals surface area (Å²) < 4.78 is 2.10. The zero-order valence-electron chi connectivity index (χ0n) is 17.2. The molecule has 0 aliphatic carbocycles. The Morgan fingerprint density at radius 3 is 2.48 bits per heavy atom. The van der Waals surface area contributed by atoms with Gasteiger partial charge in [0.05, 0.1) is 5.69 Å². The minimum absolute atomic E-state index is 0.290. The van der Waals surface area contributed by atoms with Crippen LogP contribution in [-0.2, 0) is 17.8 Å². The monoisotopic (exact) mass is 348 g/mol. The SMILES string of the molecule is CC[C@@H]1CN(C(=O)CCc2c(C)nn(CC(C)C)c2C)C[C@@H]1N(C)C. The zero-order chi connectivity index (χ0) is 18.7. The van der Waals surface area contributed by atoms with Gasteiger partial charge in [-0.15, -0.1) is 0 Å². The van der Waals surface area contributed by atoms with E-state index in [0.29, 0.717) is 30.2 Å². The summed E-state index contributed by atoms with van der Waals surface area (Å²) in [6.45, 7) is 13.6. The molecule has 0 N–H and O–H groups in total. The lowest BCUT2D eigenvalue weighted by molar-refractivity contribution is -0.130. The maximum Gasteiger partial charge on any atom is 0.222 e. The van der Waals surface area contributed by atoms with Crippen LogP contribution in [0.15, 0.2) is 0 Å². The molecule has 1 aromatic rings. The summed E-state index contributed by atoms with van der Waals surface area (Å²) in [7, 11) is 4.24. The number of rotatable bonds is 7. The molecule has 1 fully saturated rings. The lowest BCUT2D eigenvalue weighted by Gasteiger charge is -2.23. The molecule has 2 heterocycles. The summed E-state index contributed by atoms with van der Waals surface area (Å²) in [5.74, 6) is 1.46. The van der Waals surface area contributed by atoms with Crippen molar-refractivity contribution >= 4 is 5.91 Å². The number of nitrogens with zero attached hydrogens (tertiary/aromatic N) is 4. The number of aryl methyl sites for hydroxylation is 1. The first-order valence-corrected chi connectivity index (χ1v) is 9.71. The highest BCUT2D eigenvalue weighted by Crippen LogP contribution is 2.24. The third-order valence-electron chi connectivity index (χ3n) is 5.61. The number of likely N-dealkylation sites (N-methyl/N-ethyl adjacent to an activating group) is 1. The average Bonchev–Trinajstić information content (AvgIpc) is 3.07. The van der Waals surface area contributed by atoms with Crippen molar-refractivity contribution in [3.8, 4) is 0 Å². The van der Waals surface area contributed by atoms with Gasteiger partial charge in [-0.3, -0.25) is 9.48 Å². The first-order valence-electron chi connectivity index (χ1n) is 9.71. The third-order valence-corrected chi connectivity index (χ3v) is 5.61. The molecular formula is C20H36N4O. The molecule has 25 heavy (non-hydrogen) atoms. The van der Waals surface area contributed by atoms with Gasteiger partial charge >= 0.3 is 0 Å². The largest absolute Gasteiger partial charge is 0.341 e. The Hall–Kier alpha value is -1.36. The van der Waals surface area contributed by atoms with Crippen LogP contribution in [0, 0.1) is 25.7 Å². The molecule has 0 aromatic carbocycles. The fourth-order valence-electron chi connectivity index (χ4n) is 4.05. The van der Waals surface area contributed by atoms with E-state index in [1.165, 1.54) is 11.3 Å². The molecule has 1 aliphatic heterocycles. The number of likely N-dealkylation sites (tertiary alicyclic amines) is 1. The van der Waals surface area contributed by atoms with Crippen LogP contribution in [0.4, 0.5) is 0 Å². The fraction of sp³-hybridized carbons (Fsp3) is 0.800. The molecule has 0 unspecified atom stereocenters. The van der Waals surface area contributed by atoms with Crippen molar-refractivity contribution in [3.63, 3.8) is 0 Å². The van der Waals surface area contributed by atoms with Gasteiger partial charge in [-0.2, -0.15) is 5.10 Å². The summed E-state index contributed by atoms with van der Waals surface area (Å²) in [4.78, 5) is 17.1. The van der Waals surface area contributed by atoms with Crippen molar-refractivity contribution in [2.24, 2.45) is 11.8 Å². The molecule has 0 saturated carbocycles.